The zero-order valence-electron chi connectivity index (χ0n) is 12.9. The lowest BCUT2D eigenvalue weighted by Gasteiger charge is -2.18. The summed E-state index contributed by atoms with van der Waals surface area (Å²) in [5, 5.41) is 11.8. The minimum absolute atomic E-state index is 0.0130. The normalized spacial score (nSPS) is 11.4. The molecule has 4 heteroatoms. The van der Waals surface area contributed by atoms with Crippen LogP contribution in [-0.2, 0) is 4.74 Å². The van der Waals surface area contributed by atoms with E-state index in [9.17, 15) is 4.79 Å². The van der Waals surface area contributed by atoms with E-state index in [2.05, 4.69) is 24.1 Å². The topological polar surface area (TPSA) is 58.6 Å². The molecule has 4 nitrogen and oxygen atoms in total. The molecule has 1 unspecified atom stereocenters. The molecule has 0 heterocycles. The van der Waals surface area contributed by atoms with Crippen molar-refractivity contribution in [3.8, 4) is 11.8 Å². The molecule has 0 aromatic heterocycles. The van der Waals surface area contributed by atoms with Crippen molar-refractivity contribution < 1.29 is 14.6 Å². The maximum absolute atomic E-state index is 12.4. The highest BCUT2D eigenvalue weighted by Crippen LogP contribution is 2.13. The molecule has 0 saturated carbocycles. The van der Waals surface area contributed by atoms with Crippen LogP contribution in [0.3, 0.4) is 0 Å². The largest absolute Gasteiger partial charge is 0.384 e. The Morgan fingerprint density at radius 2 is 2.24 bits per heavy atom. The monoisotopic (exact) mass is 289 g/mol. The summed E-state index contributed by atoms with van der Waals surface area (Å²) in [5.41, 5.74) is 2.19. The molecule has 0 bridgehead atoms. The minimum atomic E-state index is -0.192. The summed E-state index contributed by atoms with van der Waals surface area (Å²) >= 11 is 0. The Balaban J connectivity index is 2.91. The first-order valence-electron chi connectivity index (χ1n) is 7.13. The maximum atomic E-state index is 12.4. The van der Waals surface area contributed by atoms with Crippen LogP contribution in [0, 0.1) is 18.8 Å². The number of aliphatic hydroxyl groups is 1. The van der Waals surface area contributed by atoms with Gasteiger partial charge in [-0.15, -0.1) is 0 Å². The minimum Gasteiger partial charge on any atom is -0.384 e. The molecule has 0 saturated heterocycles. The van der Waals surface area contributed by atoms with Crippen molar-refractivity contribution in [3.05, 3.63) is 34.9 Å². The summed E-state index contributed by atoms with van der Waals surface area (Å²) < 4.78 is 5.14. The third-order valence-corrected chi connectivity index (χ3v) is 3.22. The van der Waals surface area contributed by atoms with Gasteiger partial charge in [0, 0.05) is 18.2 Å². The number of rotatable bonds is 6. The predicted octanol–water partition coefficient (Wildman–Crippen LogP) is 1.88. The second kappa shape index (κ2) is 9.17. The van der Waals surface area contributed by atoms with Gasteiger partial charge < -0.3 is 15.2 Å². The number of methoxy groups -OCH3 is 1. The fourth-order valence-electron chi connectivity index (χ4n) is 2.16. The van der Waals surface area contributed by atoms with E-state index in [1.807, 2.05) is 13.0 Å². The second-order valence-corrected chi connectivity index (χ2v) is 4.85. The number of hydrogen-bond acceptors (Lipinski definition) is 3. The zero-order chi connectivity index (χ0) is 15.7. The maximum Gasteiger partial charge on any atom is 0.251 e. The molecular formula is C17H23NO3. The molecule has 21 heavy (non-hydrogen) atoms. The van der Waals surface area contributed by atoms with Gasteiger partial charge in [-0.3, -0.25) is 4.79 Å². The fraction of sp³-hybridized carbons (Fsp3) is 0.471. The zero-order valence-corrected chi connectivity index (χ0v) is 12.9. The van der Waals surface area contributed by atoms with Crippen molar-refractivity contribution in [2.24, 2.45) is 0 Å². The fourth-order valence-corrected chi connectivity index (χ4v) is 2.16. The molecule has 1 atom stereocenters. The molecule has 114 valence electrons. The Hall–Kier alpha value is -1.83. The first kappa shape index (κ1) is 17.2. The van der Waals surface area contributed by atoms with E-state index in [1.165, 1.54) is 0 Å². The van der Waals surface area contributed by atoms with Crippen LogP contribution < -0.4 is 5.32 Å². The number of nitrogens with one attached hydrogen (secondary N) is 1. The van der Waals surface area contributed by atoms with Crippen LogP contribution in [0.15, 0.2) is 18.2 Å². The van der Waals surface area contributed by atoms with Crippen molar-refractivity contribution in [1.29, 1.82) is 0 Å². The second-order valence-electron chi connectivity index (χ2n) is 4.85. The van der Waals surface area contributed by atoms with E-state index in [0.717, 1.165) is 24.0 Å². The molecule has 1 amide bonds. The van der Waals surface area contributed by atoms with E-state index >= 15 is 0 Å². The van der Waals surface area contributed by atoms with Crippen LogP contribution in [0.25, 0.3) is 0 Å². The van der Waals surface area contributed by atoms with Gasteiger partial charge in [-0.1, -0.05) is 31.3 Å². The number of carbonyl (C=O) groups excluding carboxylic acids is 1. The Bertz CT molecular complexity index is 523. The lowest BCUT2D eigenvalue weighted by atomic mass is 10.0. The highest BCUT2D eigenvalue weighted by atomic mass is 16.5. The van der Waals surface area contributed by atoms with Crippen LogP contribution in [0.4, 0.5) is 0 Å². The molecule has 0 aliphatic heterocycles. The van der Waals surface area contributed by atoms with Gasteiger partial charge >= 0.3 is 0 Å². The standard InChI is InChI=1S/C17H23NO3/c1-4-7-15(12-21-3)18-17(20)16-10-5-8-14(13(16)2)9-6-11-19/h5,8,10,15,19H,4,7,11-12H2,1-3H3,(H,18,20). The number of carbonyl (C=O) groups is 1. The van der Waals surface area contributed by atoms with Crippen LogP contribution >= 0.6 is 0 Å². The Morgan fingerprint density at radius 1 is 1.48 bits per heavy atom. The molecule has 0 fully saturated rings. The summed E-state index contributed by atoms with van der Waals surface area (Å²) in [5.74, 6) is 5.35. The molecule has 1 rings (SSSR count). The van der Waals surface area contributed by atoms with Gasteiger partial charge in [0.25, 0.3) is 5.91 Å². The quantitative estimate of drug-likeness (QED) is 0.786. The summed E-state index contributed by atoms with van der Waals surface area (Å²) in [6, 6.07) is 5.44. The molecule has 0 aliphatic rings. The average Bonchev–Trinajstić information content (AvgIpc) is 2.46. The summed E-state index contributed by atoms with van der Waals surface area (Å²) in [7, 11) is 1.63. The first-order chi connectivity index (χ1) is 10.1. The average molecular weight is 289 g/mol. The highest BCUT2D eigenvalue weighted by Gasteiger charge is 2.15. The van der Waals surface area contributed by atoms with Gasteiger partial charge in [0.1, 0.15) is 6.61 Å². The summed E-state index contributed by atoms with van der Waals surface area (Å²) in [6.45, 7) is 4.25. The van der Waals surface area contributed by atoms with Gasteiger partial charge in [-0.2, -0.15) is 0 Å². The first-order valence-corrected chi connectivity index (χ1v) is 7.13. The van der Waals surface area contributed by atoms with Crippen LogP contribution in [-0.4, -0.2) is 37.4 Å². The third kappa shape index (κ3) is 5.22. The molecule has 0 aliphatic carbocycles. The lowest BCUT2D eigenvalue weighted by Crippen LogP contribution is -2.38. The molecular weight excluding hydrogens is 266 g/mol. The third-order valence-electron chi connectivity index (χ3n) is 3.22. The van der Waals surface area contributed by atoms with Crippen molar-refractivity contribution in [1.82, 2.24) is 5.32 Å². The number of amides is 1. The Labute approximate surface area is 126 Å². The Morgan fingerprint density at radius 3 is 2.86 bits per heavy atom. The number of benzene rings is 1. The lowest BCUT2D eigenvalue weighted by molar-refractivity contribution is 0.0891. The summed E-state index contributed by atoms with van der Waals surface area (Å²) in [6.07, 6.45) is 1.86. The van der Waals surface area contributed by atoms with Crippen LogP contribution in [0.5, 0.6) is 0 Å². The van der Waals surface area contributed by atoms with E-state index in [4.69, 9.17) is 9.84 Å². The van der Waals surface area contributed by atoms with Crippen molar-refractivity contribution in [2.75, 3.05) is 20.3 Å². The van der Waals surface area contributed by atoms with E-state index in [1.54, 1.807) is 19.2 Å². The summed E-state index contributed by atoms with van der Waals surface area (Å²) in [4.78, 5) is 12.4. The molecule has 2 N–H and O–H groups in total. The molecule has 0 spiro atoms. The van der Waals surface area contributed by atoms with Gasteiger partial charge in [0.15, 0.2) is 0 Å². The number of aliphatic hydroxyl groups excluding tert-OH is 1. The highest BCUT2D eigenvalue weighted by molar-refractivity contribution is 5.96. The van der Waals surface area contributed by atoms with Gasteiger partial charge in [0.05, 0.1) is 12.6 Å². The van der Waals surface area contributed by atoms with Gasteiger partial charge in [0.2, 0.25) is 0 Å². The van der Waals surface area contributed by atoms with Gasteiger partial charge in [-0.05, 0) is 31.0 Å². The number of hydrogen-bond donors (Lipinski definition) is 2. The van der Waals surface area contributed by atoms with Crippen LogP contribution in [0.2, 0.25) is 0 Å². The van der Waals surface area contributed by atoms with Crippen molar-refractivity contribution >= 4 is 5.91 Å². The van der Waals surface area contributed by atoms with Gasteiger partial charge in [-0.25, -0.2) is 0 Å². The van der Waals surface area contributed by atoms with Crippen molar-refractivity contribution in [2.45, 2.75) is 32.7 Å². The molecule has 0 radical (unpaired) electrons. The Kier molecular flexibility index (Phi) is 7.52. The SMILES string of the molecule is CCCC(COC)NC(=O)c1cccc(C#CCO)c1C. The molecule has 1 aromatic rings. The van der Waals surface area contributed by atoms with E-state index < -0.39 is 0 Å². The smallest absolute Gasteiger partial charge is 0.251 e. The van der Waals surface area contributed by atoms with Crippen molar-refractivity contribution in [3.63, 3.8) is 0 Å². The predicted molar refractivity (Wildman–Crippen MR) is 83.2 cm³/mol. The number of ether oxygens (including phenoxy) is 1. The van der Waals surface area contributed by atoms with E-state index in [-0.39, 0.29) is 18.6 Å². The van der Waals surface area contributed by atoms with E-state index in [0.29, 0.717) is 12.2 Å². The molecule has 1 aromatic carbocycles. The van der Waals surface area contributed by atoms with Crippen LogP contribution in [0.1, 0.15) is 41.3 Å².